The second kappa shape index (κ2) is 5.75. The van der Waals surface area contributed by atoms with Crippen LogP contribution in [0.4, 0.5) is 4.39 Å². The van der Waals surface area contributed by atoms with Gasteiger partial charge in [0.2, 0.25) is 0 Å². The summed E-state index contributed by atoms with van der Waals surface area (Å²) < 4.78 is 18.4. The number of nitriles is 1. The van der Waals surface area contributed by atoms with Crippen molar-refractivity contribution in [2.45, 2.75) is 13.3 Å². The molecule has 0 N–H and O–H groups in total. The van der Waals surface area contributed by atoms with E-state index in [-0.39, 0.29) is 29.7 Å². The molecule has 4 nitrogen and oxygen atoms in total. The predicted molar refractivity (Wildman–Crippen MR) is 56.8 cm³/mol. The SMILES string of the molecule is CCOC(=O)Cc1c(C=O)ccc(C#N)c1F. The van der Waals surface area contributed by atoms with Crippen LogP contribution in [0.25, 0.3) is 0 Å². The van der Waals surface area contributed by atoms with E-state index >= 15 is 0 Å². The molecule has 0 saturated heterocycles. The Morgan fingerprint density at radius 2 is 2.29 bits per heavy atom. The van der Waals surface area contributed by atoms with Gasteiger partial charge in [-0.05, 0) is 19.1 Å². The number of hydrogen-bond acceptors (Lipinski definition) is 4. The van der Waals surface area contributed by atoms with E-state index in [0.29, 0.717) is 6.29 Å². The molecule has 0 atom stereocenters. The number of carbonyl (C=O) groups excluding carboxylic acids is 2. The van der Waals surface area contributed by atoms with E-state index in [0.717, 1.165) is 0 Å². The first-order valence-electron chi connectivity index (χ1n) is 4.96. The lowest BCUT2D eigenvalue weighted by molar-refractivity contribution is -0.142. The summed E-state index contributed by atoms with van der Waals surface area (Å²) in [5.41, 5.74) is -0.248. The molecule has 0 radical (unpaired) electrons. The van der Waals surface area contributed by atoms with Crippen molar-refractivity contribution < 1.29 is 18.7 Å². The molecule has 0 bridgehead atoms. The molecule has 17 heavy (non-hydrogen) atoms. The Hall–Kier alpha value is -2.22. The van der Waals surface area contributed by atoms with Crippen LogP contribution in [0.2, 0.25) is 0 Å². The number of carbonyl (C=O) groups is 2. The predicted octanol–water partition coefficient (Wildman–Crippen LogP) is 1.62. The van der Waals surface area contributed by atoms with Crippen LogP contribution in [0.5, 0.6) is 0 Å². The average molecular weight is 235 g/mol. The summed E-state index contributed by atoms with van der Waals surface area (Å²) >= 11 is 0. The van der Waals surface area contributed by atoms with Crippen molar-refractivity contribution in [1.29, 1.82) is 5.26 Å². The molecule has 0 amide bonds. The van der Waals surface area contributed by atoms with Crippen LogP contribution >= 0.6 is 0 Å². The van der Waals surface area contributed by atoms with Gasteiger partial charge >= 0.3 is 5.97 Å². The fraction of sp³-hybridized carbons (Fsp3) is 0.250. The first-order valence-corrected chi connectivity index (χ1v) is 4.96. The Morgan fingerprint density at radius 3 is 2.82 bits per heavy atom. The van der Waals surface area contributed by atoms with Crippen LogP contribution in [0.15, 0.2) is 12.1 Å². The maximum atomic E-state index is 13.7. The van der Waals surface area contributed by atoms with E-state index in [1.165, 1.54) is 12.1 Å². The Bertz CT molecular complexity index is 491. The smallest absolute Gasteiger partial charge is 0.310 e. The van der Waals surface area contributed by atoms with Crippen LogP contribution < -0.4 is 0 Å². The summed E-state index contributed by atoms with van der Waals surface area (Å²) in [5.74, 6) is -1.48. The van der Waals surface area contributed by atoms with Crippen molar-refractivity contribution in [3.05, 3.63) is 34.6 Å². The number of halogens is 1. The van der Waals surface area contributed by atoms with Gasteiger partial charge in [0.15, 0.2) is 0 Å². The van der Waals surface area contributed by atoms with Gasteiger partial charge in [0.1, 0.15) is 18.2 Å². The van der Waals surface area contributed by atoms with Gasteiger partial charge in [0.25, 0.3) is 0 Å². The number of aldehydes is 1. The topological polar surface area (TPSA) is 67.2 Å². The summed E-state index contributed by atoms with van der Waals surface area (Å²) in [4.78, 5) is 22.0. The van der Waals surface area contributed by atoms with Crippen LogP contribution in [-0.2, 0) is 16.0 Å². The summed E-state index contributed by atoms with van der Waals surface area (Å²) in [6.45, 7) is 1.80. The summed E-state index contributed by atoms with van der Waals surface area (Å²) in [7, 11) is 0. The molecule has 0 heterocycles. The zero-order chi connectivity index (χ0) is 12.8. The van der Waals surface area contributed by atoms with E-state index in [9.17, 15) is 14.0 Å². The van der Waals surface area contributed by atoms with Crippen LogP contribution in [0, 0.1) is 17.1 Å². The van der Waals surface area contributed by atoms with E-state index < -0.39 is 11.8 Å². The average Bonchev–Trinajstić information content (AvgIpc) is 2.32. The molecule has 0 spiro atoms. The molecule has 1 aromatic rings. The molecule has 5 heteroatoms. The van der Waals surface area contributed by atoms with E-state index in [1.54, 1.807) is 13.0 Å². The van der Waals surface area contributed by atoms with Crippen LogP contribution in [-0.4, -0.2) is 18.9 Å². The lowest BCUT2D eigenvalue weighted by atomic mass is 10.0. The highest BCUT2D eigenvalue weighted by molar-refractivity contribution is 5.82. The van der Waals surface area contributed by atoms with Crippen molar-refractivity contribution in [3.63, 3.8) is 0 Å². The molecular weight excluding hydrogens is 225 g/mol. The van der Waals surface area contributed by atoms with Gasteiger partial charge < -0.3 is 4.74 Å². The molecule has 0 aliphatic carbocycles. The Kier molecular flexibility index (Phi) is 4.35. The molecule has 0 aliphatic heterocycles. The molecule has 0 unspecified atom stereocenters. The quantitative estimate of drug-likeness (QED) is 0.587. The highest BCUT2D eigenvalue weighted by Gasteiger charge is 2.16. The van der Waals surface area contributed by atoms with Crippen molar-refractivity contribution in [2.24, 2.45) is 0 Å². The number of rotatable bonds is 4. The third-order valence-corrected chi connectivity index (χ3v) is 2.15. The first kappa shape index (κ1) is 12.8. The largest absolute Gasteiger partial charge is 0.466 e. The van der Waals surface area contributed by atoms with Crippen LogP contribution in [0.1, 0.15) is 28.4 Å². The first-order chi connectivity index (χ1) is 8.13. The summed E-state index contributed by atoms with van der Waals surface area (Å²) in [5, 5.41) is 8.65. The molecule has 88 valence electrons. The minimum absolute atomic E-state index is 0.0505. The number of benzene rings is 1. The lowest BCUT2D eigenvalue weighted by Crippen LogP contribution is -2.11. The van der Waals surface area contributed by atoms with Crippen LogP contribution in [0.3, 0.4) is 0 Å². The molecular formula is C12H10FNO3. The highest BCUT2D eigenvalue weighted by Crippen LogP contribution is 2.17. The third-order valence-electron chi connectivity index (χ3n) is 2.15. The van der Waals surface area contributed by atoms with Gasteiger partial charge in [0, 0.05) is 11.1 Å². The normalized spacial score (nSPS) is 9.47. The van der Waals surface area contributed by atoms with E-state index in [1.807, 2.05) is 0 Å². The van der Waals surface area contributed by atoms with Gasteiger partial charge in [-0.15, -0.1) is 0 Å². The highest BCUT2D eigenvalue weighted by atomic mass is 19.1. The van der Waals surface area contributed by atoms with E-state index in [2.05, 4.69) is 4.74 Å². The number of esters is 1. The second-order valence-electron chi connectivity index (χ2n) is 3.21. The van der Waals surface area contributed by atoms with Crippen molar-refractivity contribution >= 4 is 12.3 Å². The minimum Gasteiger partial charge on any atom is -0.466 e. The Balaban J connectivity index is 3.15. The molecule has 1 aromatic carbocycles. The maximum Gasteiger partial charge on any atom is 0.310 e. The third kappa shape index (κ3) is 2.88. The maximum absolute atomic E-state index is 13.7. The number of hydrogen-bond donors (Lipinski definition) is 0. The van der Waals surface area contributed by atoms with Crippen molar-refractivity contribution in [2.75, 3.05) is 6.61 Å². The number of nitrogens with zero attached hydrogens (tertiary/aromatic N) is 1. The van der Waals surface area contributed by atoms with Crippen molar-refractivity contribution in [1.82, 2.24) is 0 Å². The Morgan fingerprint density at radius 1 is 1.59 bits per heavy atom. The fourth-order valence-corrected chi connectivity index (χ4v) is 1.37. The second-order valence-corrected chi connectivity index (χ2v) is 3.21. The molecule has 0 aromatic heterocycles. The Labute approximate surface area is 97.6 Å². The van der Waals surface area contributed by atoms with Gasteiger partial charge in [-0.2, -0.15) is 5.26 Å². The standard InChI is InChI=1S/C12H10FNO3/c1-2-17-11(16)5-10-9(7-15)4-3-8(6-14)12(10)13/h3-4,7H,2,5H2,1H3. The molecule has 0 saturated carbocycles. The van der Waals surface area contributed by atoms with Gasteiger partial charge in [0.05, 0.1) is 18.6 Å². The molecule has 1 rings (SSSR count). The molecule has 0 fully saturated rings. The van der Waals surface area contributed by atoms with Gasteiger partial charge in [-0.25, -0.2) is 4.39 Å². The zero-order valence-electron chi connectivity index (χ0n) is 9.20. The summed E-state index contributed by atoms with van der Waals surface area (Å²) in [6, 6.07) is 4.16. The van der Waals surface area contributed by atoms with Gasteiger partial charge in [-0.3, -0.25) is 9.59 Å². The lowest BCUT2D eigenvalue weighted by Gasteiger charge is -2.07. The minimum atomic E-state index is -0.842. The summed E-state index contributed by atoms with van der Waals surface area (Å²) in [6.07, 6.45) is 0.0854. The monoisotopic (exact) mass is 235 g/mol. The fourth-order valence-electron chi connectivity index (χ4n) is 1.37. The number of ether oxygens (including phenoxy) is 1. The van der Waals surface area contributed by atoms with Crippen molar-refractivity contribution in [3.8, 4) is 6.07 Å². The van der Waals surface area contributed by atoms with E-state index in [4.69, 9.17) is 5.26 Å². The van der Waals surface area contributed by atoms with Gasteiger partial charge in [-0.1, -0.05) is 0 Å². The zero-order valence-corrected chi connectivity index (χ0v) is 9.20. The molecule has 0 aliphatic rings.